The van der Waals surface area contributed by atoms with E-state index in [0.717, 1.165) is 18.4 Å². The van der Waals surface area contributed by atoms with E-state index in [0.29, 0.717) is 5.75 Å². The molecule has 23 heavy (non-hydrogen) atoms. The number of allylic oxidation sites excluding steroid dienone is 4. The molecular weight excluding hydrogens is 288 g/mol. The molecule has 0 aliphatic carbocycles. The van der Waals surface area contributed by atoms with Crippen molar-refractivity contribution in [2.75, 3.05) is 6.61 Å². The van der Waals surface area contributed by atoms with E-state index in [9.17, 15) is 4.79 Å². The number of hydrogen-bond acceptors (Lipinski definition) is 2. The number of aliphatic carboxylic acids is 1. The molecule has 1 N–H and O–H groups in total. The largest absolute Gasteiger partial charge is 0.482 e. The number of hydrogen-bond donors (Lipinski definition) is 1. The molecule has 0 unspecified atom stereocenters. The van der Waals surface area contributed by atoms with Crippen molar-refractivity contribution in [1.29, 1.82) is 0 Å². The van der Waals surface area contributed by atoms with Crippen LogP contribution in [0, 0.1) is 5.41 Å². The van der Waals surface area contributed by atoms with Gasteiger partial charge in [0.25, 0.3) is 0 Å². The van der Waals surface area contributed by atoms with Crippen LogP contribution in [0.5, 0.6) is 5.75 Å². The summed E-state index contributed by atoms with van der Waals surface area (Å²) in [6.45, 7) is 10.0. The predicted octanol–water partition coefficient (Wildman–Crippen LogP) is 5.10. The second-order valence-corrected chi connectivity index (χ2v) is 6.11. The molecule has 3 heteroatoms. The van der Waals surface area contributed by atoms with Gasteiger partial charge in [0.15, 0.2) is 6.61 Å². The highest BCUT2D eigenvalue weighted by Gasteiger charge is 2.14. The lowest BCUT2D eigenvalue weighted by molar-refractivity contribution is -0.139. The summed E-state index contributed by atoms with van der Waals surface area (Å²) in [5.41, 5.74) is 2.32. The first kappa shape index (κ1) is 18.8. The van der Waals surface area contributed by atoms with Gasteiger partial charge in [0, 0.05) is 5.41 Å². The number of carboxylic acids is 1. The maximum Gasteiger partial charge on any atom is 0.341 e. The van der Waals surface area contributed by atoms with Gasteiger partial charge >= 0.3 is 5.97 Å². The van der Waals surface area contributed by atoms with Crippen LogP contribution in [0.2, 0.25) is 0 Å². The smallest absolute Gasteiger partial charge is 0.341 e. The lowest BCUT2D eigenvalue weighted by Crippen LogP contribution is -2.09. The first-order chi connectivity index (χ1) is 10.8. The lowest BCUT2D eigenvalue weighted by Gasteiger charge is -2.20. The van der Waals surface area contributed by atoms with E-state index >= 15 is 0 Å². The zero-order valence-corrected chi connectivity index (χ0v) is 14.2. The van der Waals surface area contributed by atoms with Crippen LogP contribution in [-0.2, 0) is 4.79 Å². The quantitative estimate of drug-likeness (QED) is 0.645. The van der Waals surface area contributed by atoms with Crippen LogP contribution in [0.4, 0.5) is 0 Å². The van der Waals surface area contributed by atoms with Gasteiger partial charge in [-0.1, -0.05) is 48.9 Å². The summed E-state index contributed by atoms with van der Waals surface area (Å²) < 4.78 is 5.12. The van der Waals surface area contributed by atoms with Gasteiger partial charge in [-0.05, 0) is 44.4 Å². The second-order valence-electron chi connectivity index (χ2n) is 6.11. The van der Waals surface area contributed by atoms with Gasteiger partial charge < -0.3 is 9.84 Å². The van der Waals surface area contributed by atoms with Crippen LogP contribution >= 0.6 is 0 Å². The van der Waals surface area contributed by atoms with E-state index in [1.807, 2.05) is 18.2 Å². The Balaban J connectivity index is 2.68. The van der Waals surface area contributed by atoms with E-state index in [1.165, 1.54) is 5.57 Å². The Hall–Kier alpha value is -2.29. The van der Waals surface area contributed by atoms with Crippen LogP contribution < -0.4 is 4.74 Å². The van der Waals surface area contributed by atoms with E-state index < -0.39 is 5.97 Å². The monoisotopic (exact) mass is 314 g/mol. The summed E-state index contributed by atoms with van der Waals surface area (Å²) >= 11 is 0. The fraction of sp³-hybridized carbons (Fsp3) is 0.350. The maximum atomic E-state index is 10.5. The molecule has 124 valence electrons. The Morgan fingerprint density at radius 3 is 2.48 bits per heavy atom. The van der Waals surface area contributed by atoms with Crippen molar-refractivity contribution in [3.05, 3.63) is 60.2 Å². The molecule has 0 fully saturated rings. The first-order valence-electron chi connectivity index (χ1n) is 7.75. The molecule has 3 nitrogen and oxygen atoms in total. The third-order valence-electron chi connectivity index (χ3n) is 3.60. The Labute approximate surface area is 139 Å². The maximum absolute atomic E-state index is 10.5. The van der Waals surface area contributed by atoms with Gasteiger partial charge in [0.2, 0.25) is 0 Å². The molecule has 1 aromatic carbocycles. The van der Waals surface area contributed by atoms with Gasteiger partial charge in [0.05, 0.1) is 0 Å². The summed E-state index contributed by atoms with van der Waals surface area (Å²) in [5, 5.41) is 8.59. The predicted molar refractivity (Wildman–Crippen MR) is 95.6 cm³/mol. The summed E-state index contributed by atoms with van der Waals surface area (Å²) in [5.74, 6) is -0.424. The Morgan fingerprint density at radius 1 is 1.30 bits per heavy atom. The zero-order valence-electron chi connectivity index (χ0n) is 14.2. The molecule has 0 aliphatic heterocycles. The number of rotatable bonds is 9. The molecule has 0 heterocycles. The molecule has 1 aromatic rings. The normalized spacial score (nSPS) is 13.3. The standard InChI is InChI=1S/C20H26O3/c1-5-20(4,13-6-7-16(2)3)14-12-17-8-10-18(11-9-17)23-15-19(21)22/h5,7-12,14H,1,6,13,15H2,2-4H3,(H,21,22)/b14-12+/t20-/m1/s1. The van der Waals surface area contributed by atoms with Crippen LogP contribution in [0.25, 0.3) is 6.08 Å². The zero-order chi connectivity index (χ0) is 17.3. The van der Waals surface area contributed by atoms with E-state index in [4.69, 9.17) is 9.84 Å². The molecule has 0 aromatic heterocycles. The highest BCUT2D eigenvalue weighted by atomic mass is 16.5. The van der Waals surface area contributed by atoms with Crippen molar-refractivity contribution in [3.8, 4) is 5.75 Å². The molecule has 0 radical (unpaired) electrons. The third kappa shape index (κ3) is 7.50. The van der Waals surface area contributed by atoms with Crippen molar-refractivity contribution in [2.24, 2.45) is 5.41 Å². The van der Waals surface area contributed by atoms with Gasteiger partial charge in [-0.15, -0.1) is 6.58 Å². The SMILES string of the molecule is C=C[C@@](C)(/C=C/c1ccc(OCC(=O)O)cc1)CCC=C(C)C. The lowest BCUT2D eigenvalue weighted by atomic mass is 9.84. The van der Waals surface area contributed by atoms with Crippen LogP contribution in [0.3, 0.4) is 0 Å². The van der Waals surface area contributed by atoms with Crippen molar-refractivity contribution in [3.63, 3.8) is 0 Å². The molecular formula is C20H26O3. The van der Waals surface area contributed by atoms with Crippen LogP contribution in [0.15, 0.2) is 54.6 Å². The fourth-order valence-electron chi connectivity index (χ4n) is 2.03. The Bertz CT molecular complexity index is 577. The van der Waals surface area contributed by atoms with Crippen molar-refractivity contribution in [2.45, 2.75) is 33.6 Å². The molecule has 0 aliphatic rings. The molecule has 0 bridgehead atoms. The second kappa shape index (κ2) is 8.99. The average molecular weight is 314 g/mol. The van der Waals surface area contributed by atoms with Gasteiger partial charge in [-0.2, -0.15) is 0 Å². The van der Waals surface area contributed by atoms with E-state index in [-0.39, 0.29) is 12.0 Å². The number of ether oxygens (including phenoxy) is 1. The minimum absolute atomic E-state index is 0.0512. The molecule has 1 rings (SSSR count). The van der Waals surface area contributed by atoms with Crippen molar-refractivity contribution >= 4 is 12.0 Å². The Morgan fingerprint density at radius 2 is 1.96 bits per heavy atom. The minimum Gasteiger partial charge on any atom is -0.482 e. The third-order valence-corrected chi connectivity index (χ3v) is 3.60. The van der Waals surface area contributed by atoms with Gasteiger partial charge in [-0.25, -0.2) is 4.79 Å². The van der Waals surface area contributed by atoms with E-state index in [1.54, 1.807) is 12.1 Å². The fourth-order valence-corrected chi connectivity index (χ4v) is 2.03. The molecule has 0 spiro atoms. The number of carboxylic acid groups (broad SMARTS) is 1. The highest BCUT2D eigenvalue weighted by Crippen LogP contribution is 2.28. The van der Waals surface area contributed by atoms with Gasteiger partial charge in [-0.3, -0.25) is 0 Å². The summed E-state index contributed by atoms with van der Waals surface area (Å²) in [4.78, 5) is 10.5. The highest BCUT2D eigenvalue weighted by molar-refractivity contribution is 5.68. The average Bonchev–Trinajstić information content (AvgIpc) is 2.51. The van der Waals surface area contributed by atoms with Crippen molar-refractivity contribution < 1.29 is 14.6 Å². The number of benzene rings is 1. The summed E-state index contributed by atoms with van der Waals surface area (Å²) in [6, 6.07) is 7.37. The molecule has 1 atom stereocenters. The van der Waals surface area contributed by atoms with E-state index in [2.05, 4.69) is 45.6 Å². The van der Waals surface area contributed by atoms with Crippen molar-refractivity contribution in [1.82, 2.24) is 0 Å². The molecule has 0 saturated carbocycles. The van der Waals surface area contributed by atoms with Gasteiger partial charge in [0.1, 0.15) is 5.75 Å². The Kier molecular flexibility index (Phi) is 7.33. The summed E-state index contributed by atoms with van der Waals surface area (Å²) in [6.07, 6.45) is 10.5. The summed E-state index contributed by atoms with van der Waals surface area (Å²) in [7, 11) is 0. The number of carbonyl (C=O) groups is 1. The minimum atomic E-state index is -0.980. The van der Waals surface area contributed by atoms with Crippen LogP contribution in [-0.4, -0.2) is 17.7 Å². The molecule has 0 amide bonds. The first-order valence-corrected chi connectivity index (χ1v) is 7.75. The molecule has 0 saturated heterocycles. The topological polar surface area (TPSA) is 46.5 Å². The van der Waals surface area contributed by atoms with Crippen LogP contribution in [0.1, 0.15) is 39.2 Å².